The second-order valence-electron chi connectivity index (χ2n) is 3.59. The lowest BCUT2D eigenvalue weighted by molar-refractivity contribution is 0.288. The van der Waals surface area contributed by atoms with E-state index < -0.39 is 11.9 Å². The third-order valence-electron chi connectivity index (χ3n) is 2.41. The summed E-state index contributed by atoms with van der Waals surface area (Å²) in [6, 6.07) is 4.82. The van der Waals surface area contributed by atoms with Crippen molar-refractivity contribution in [2.45, 2.75) is 26.2 Å². The average Bonchev–Trinajstić information content (AvgIpc) is 2.25. The zero-order valence-electron chi connectivity index (χ0n) is 9.14. The summed E-state index contributed by atoms with van der Waals surface area (Å²) in [7, 11) is 0. The fraction of sp³-hybridized carbons (Fsp3) is 0.333. The summed E-state index contributed by atoms with van der Waals surface area (Å²) in [5.41, 5.74) is 0.694. The first-order valence-corrected chi connectivity index (χ1v) is 5.20. The molecule has 0 aromatic heterocycles. The minimum atomic E-state index is -0.908. The molecule has 0 aliphatic carbocycles. The highest BCUT2D eigenvalue weighted by Crippen LogP contribution is 1.99. The van der Waals surface area contributed by atoms with Crippen molar-refractivity contribution in [1.82, 2.24) is 0 Å². The smallest absolute Gasteiger partial charge is 0.282 e. The Hall–Kier alpha value is -1.84. The van der Waals surface area contributed by atoms with Crippen LogP contribution in [0, 0.1) is 0 Å². The Morgan fingerprint density at radius 2 is 1.75 bits per heavy atom. The van der Waals surface area contributed by atoms with Gasteiger partial charge in [0.25, 0.3) is 11.9 Å². The number of aryl methyl sites for hydroxylation is 1. The first kappa shape index (κ1) is 12.2. The van der Waals surface area contributed by atoms with Gasteiger partial charge in [-0.2, -0.15) is 0 Å². The Balaban J connectivity index is 3.49. The van der Waals surface area contributed by atoms with Gasteiger partial charge in [-0.25, -0.2) is 0 Å². The van der Waals surface area contributed by atoms with Crippen LogP contribution in [0.2, 0.25) is 0 Å². The first-order chi connectivity index (χ1) is 7.57. The molecule has 1 aromatic carbocycles. The minimum Gasteiger partial charge on any atom is -0.481 e. The highest BCUT2D eigenvalue weighted by atomic mass is 16.5. The van der Waals surface area contributed by atoms with Crippen molar-refractivity contribution in [2.24, 2.45) is 0 Å². The maximum absolute atomic E-state index is 9.17. The molecule has 0 amide bonds. The molecule has 4 heteroatoms. The molecule has 0 radical (unpaired) electrons. The molecular weight excluding hydrogens is 208 g/mol. The van der Waals surface area contributed by atoms with Crippen LogP contribution in [0.25, 0.3) is 11.9 Å². The van der Waals surface area contributed by atoms with Gasteiger partial charge in [0.05, 0.1) is 10.4 Å². The van der Waals surface area contributed by atoms with E-state index in [1.54, 1.807) is 12.1 Å². The first-order valence-electron chi connectivity index (χ1n) is 5.20. The molecule has 0 fully saturated rings. The van der Waals surface area contributed by atoms with Crippen molar-refractivity contribution in [2.75, 3.05) is 0 Å². The van der Waals surface area contributed by atoms with Gasteiger partial charge in [0, 0.05) is 0 Å². The van der Waals surface area contributed by atoms with E-state index in [1.807, 2.05) is 6.92 Å². The van der Waals surface area contributed by atoms with Gasteiger partial charge in [0.2, 0.25) is 0 Å². The highest BCUT2D eigenvalue weighted by molar-refractivity contribution is 5.37. The van der Waals surface area contributed by atoms with Crippen LogP contribution < -0.4 is 10.4 Å². The molecule has 0 aliphatic rings. The average molecular weight is 224 g/mol. The molecular formula is C12H16O4. The number of aliphatic hydroxyl groups is 4. The van der Waals surface area contributed by atoms with Crippen LogP contribution in [0.5, 0.6) is 0 Å². The lowest BCUT2D eigenvalue weighted by Gasteiger charge is -2.02. The van der Waals surface area contributed by atoms with Gasteiger partial charge in [-0.3, -0.25) is 0 Å². The second-order valence-corrected chi connectivity index (χ2v) is 3.59. The van der Waals surface area contributed by atoms with Gasteiger partial charge >= 0.3 is 0 Å². The monoisotopic (exact) mass is 224 g/mol. The molecule has 0 unspecified atom stereocenters. The molecule has 0 saturated carbocycles. The SMILES string of the molecule is CCCCc1cccc(=C(O)O)c1=C(O)O. The molecule has 4 nitrogen and oxygen atoms in total. The fourth-order valence-electron chi connectivity index (χ4n) is 1.63. The number of hydrogen-bond acceptors (Lipinski definition) is 4. The van der Waals surface area contributed by atoms with Crippen LogP contribution in [0.15, 0.2) is 18.2 Å². The Morgan fingerprint density at radius 1 is 1.06 bits per heavy atom. The molecule has 1 rings (SSSR count). The van der Waals surface area contributed by atoms with Crippen molar-refractivity contribution in [1.29, 1.82) is 0 Å². The standard InChI is InChI=1S/C12H16O4/c1-2-3-5-8-6-4-7-9(11(13)14)10(8)12(15)16/h4,6-7,13-16H,2-3,5H2,1H3. The van der Waals surface area contributed by atoms with Crippen molar-refractivity contribution < 1.29 is 20.4 Å². The number of hydrogen-bond donors (Lipinski definition) is 4. The van der Waals surface area contributed by atoms with Gasteiger partial charge < -0.3 is 20.4 Å². The van der Waals surface area contributed by atoms with Gasteiger partial charge in [-0.15, -0.1) is 0 Å². The van der Waals surface area contributed by atoms with Gasteiger partial charge in [-0.1, -0.05) is 25.5 Å². The maximum Gasteiger partial charge on any atom is 0.282 e. The summed E-state index contributed by atoms with van der Waals surface area (Å²) < 4.78 is 0. The van der Waals surface area contributed by atoms with E-state index in [4.69, 9.17) is 10.2 Å². The zero-order chi connectivity index (χ0) is 12.1. The Morgan fingerprint density at radius 3 is 2.25 bits per heavy atom. The van der Waals surface area contributed by atoms with E-state index in [0.717, 1.165) is 12.8 Å². The quantitative estimate of drug-likeness (QED) is 0.625. The largest absolute Gasteiger partial charge is 0.481 e. The fourth-order valence-corrected chi connectivity index (χ4v) is 1.63. The minimum absolute atomic E-state index is 0.0357. The van der Waals surface area contributed by atoms with Gasteiger partial charge in [0.1, 0.15) is 0 Å². The van der Waals surface area contributed by atoms with Crippen molar-refractivity contribution in [3.63, 3.8) is 0 Å². The highest BCUT2D eigenvalue weighted by Gasteiger charge is 2.04. The van der Waals surface area contributed by atoms with E-state index in [9.17, 15) is 10.2 Å². The summed E-state index contributed by atoms with van der Waals surface area (Å²) in [5.74, 6) is -1.80. The van der Waals surface area contributed by atoms with E-state index >= 15 is 0 Å². The van der Waals surface area contributed by atoms with E-state index in [-0.39, 0.29) is 10.4 Å². The molecule has 0 bridgehead atoms. The van der Waals surface area contributed by atoms with Crippen LogP contribution in [0.3, 0.4) is 0 Å². The van der Waals surface area contributed by atoms with E-state index in [2.05, 4.69) is 0 Å². The summed E-state index contributed by atoms with van der Waals surface area (Å²) in [6.45, 7) is 2.03. The van der Waals surface area contributed by atoms with E-state index in [0.29, 0.717) is 12.0 Å². The Labute approximate surface area is 93.4 Å². The number of aliphatic hydroxyl groups excluding tert-OH is 2. The molecule has 0 saturated heterocycles. The second kappa shape index (κ2) is 5.30. The molecule has 88 valence electrons. The third-order valence-corrected chi connectivity index (χ3v) is 2.41. The molecule has 0 aliphatic heterocycles. The summed E-state index contributed by atoms with van der Waals surface area (Å²) in [4.78, 5) is 0. The van der Waals surface area contributed by atoms with Crippen molar-refractivity contribution in [3.05, 3.63) is 34.2 Å². The molecule has 16 heavy (non-hydrogen) atoms. The topological polar surface area (TPSA) is 80.9 Å². The molecule has 1 aromatic rings. The third kappa shape index (κ3) is 2.59. The number of unbranched alkanes of at least 4 members (excludes halogenated alkanes) is 1. The van der Waals surface area contributed by atoms with Crippen LogP contribution >= 0.6 is 0 Å². The van der Waals surface area contributed by atoms with Crippen LogP contribution in [-0.2, 0) is 6.42 Å². The van der Waals surface area contributed by atoms with Crippen molar-refractivity contribution >= 4 is 11.9 Å². The van der Waals surface area contributed by atoms with Crippen LogP contribution in [-0.4, -0.2) is 20.4 Å². The van der Waals surface area contributed by atoms with Crippen molar-refractivity contribution in [3.8, 4) is 0 Å². The summed E-state index contributed by atoms with van der Waals surface area (Å²) in [6.07, 6.45) is 2.54. The lowest BCUT2D eigenvalue weighted by Crippen LogP contribution is -2.33. The predicted octanol–water partition coefficient (Wildman–Crippen LogP) is 1.39. The number of rotatable bonds is 3. The molecule has 0 atom stereocenters. The zero-order valence-corrected chi connectivity index (χ0v) is 9.14. The molecule has 0 heterocycles. The van der Waals surface area contributed by atoms with Crippen LogP contribution in [0.4, 0.5) is 0 Å². The van der Waals surface area contributed by atoms with Crippen LogP contribution in [0.1, 0.15) is 25.3 Å². The molecule has 4 N–H and O–H groups in total. The predicted molar refractivity (Wildman–Crippen MR) is 61.6 cm³/mol. The number of benzene rings is 1. The summed E-state index contributed by atoms with van der Waals surface area (Å²) in [5, 5.41) is 36.5. The van der Waals surface area contributed by atoms with Gasteiger partial charge in [-0.05, 0) is 24.5 Å². The lowest BCUT2D eigenvalue weighted by atomic mass is 10.0. The van der Waals surface area contributed by atoms with Gasteiger partial charge in [0.15, 0.2) is 0 Å². The Bertz CT molecular complexity index is 468. The molecule has 0 spiro atoms. The summed E-state index contributed by atoms with van der Waals surface area (Å²) >= 11 is 0. The normalized spacial score (nSPS) is 10.1. The Kier molecular flexibility index (Phi) is 4.05. The van der Waals surface area contributed by atoms with E-state index in [1.165, 1.54) is 6.07 Å². The maximum atomic E-state index is 9.17.